The predicted molar refractivity (Wildman–Crippen MR) is 45.7 cm³/mol. The lowest BCUT2D eigenvalue weighted by Crippen LogP contribution is -2.22. The summed E-state index contributed by atoms with van der Waals surface area (Å²) < 4.78 is 4.71. The number of Topliss-reactive ketones (excluding diaryl/α,β-unsaturated/α-hetero) is 1. The van der Waals surface area contributed by atoms with Crippen molar-refractivity contribution in [2.75, 3.05) is 6.61 Å². The van der Waals surface area contributed by atoms with E-state index in [2.05, 4.69) is 0 Å². The lowest BCUT2D eigenvalue weighted by Gasteiger charge is -2.07. The third-order valence-corrected chi connectivity index (χ3v) is 1.62. The Morgan fingerprint density at radius 3 is 2.33 bits per heavy atom. The number of carbonyl (C=O) groups is 2. The molecule has 0 saturated heterocycles. The first-order chi connectivity index (χ1) is 5.63. The minimum Gasteiger partial charge on any atom is -0.465 e. The van der Waals surface area contributed by atoms with Crippen molar-refractivity contribution in [2.45, 2.75) is 33.6 Å². The molecule has 0 N–H and O–H groups in total. The quantitative estimate of drug-likeness (QED) is 0.467. The van der Waals surface area contributed by atoms with Crippen molar-refractivity contribution in [2.24, 2.45) is 5.92 Å². The van der Waals surface area contributed by atoms with Gasteiger partial charge in [-0.1, -0.05) is 6.92 Å². The molecule has 0 aliphatic carbocycles. The van der Waals surface area contributed by atoms with Gasteiger partial charge in [0.15, 0.2) is 0 Å². The first-order valence-electron chi connectivity index (χ1n) is 4.32. The number of hydrogen-bond acceptors (Lipinski definition) is 3. The lowest BCUT2D eigenvalue weighted by molar-refractivity contribution is -0.150. The van der Waals surface area contributed by atoms with E-state index >= 15 is 0 Å². The van der Waals surface area contributed by atoms with E-state index in [4.69, 9.17) is 4.74 Å². The number of esters is 1. The maximum atomic E-state index is 11.2. The van der Waals surface area contributed by atoms with Crippen molar-refractivity contribution in [1.82, 2.24) is 0 Å². The van der Waals surface area contributed by atoms with E-state index in [0.717, 1.165) is 6.42 Å². The Labute approximate surface area is 73.1 Å². The molecule has 3 heteroatoms. The second-order valence-corrected chi connectivity index (χ2v) is 2.69. The van der Waals surface area contributed by atoms with Crippen LogP contribution in [0.5, 0.6) is 0 Å². The molecule has 70 valence electrons. The number of carbonyl (C=O) groups excluding carboxylic acids is 2. The Bertz CT molecular complexity index is 145. The molecule has 0 fully saturated rings. The predicted octanol–water partition coefficient (Wildman–Crippen LogP) is 1.55. The van der Waals surface area contributed by atoms with Crippen molar-refractivity contribution < 1.29 is 14.3 Å². The normalized spacial score (nSPS) is 12.2. The van der Waals surface area contributed by atoms with Crippen LogP contribution >= 0.6 is 0 Å². The molecule has 0 heterocycles. The Hall–Kier alpha value is -0.860. The zero-order chi connectivity index (χ0) is 9.56. The van der Waals surface area contributed by atoms with Gasteiger partial charge in [0.2, 0.25) is 0 Å². The van der Waals surface area contributed by atoms with Gasteiger partial charge < -0.3 is 4.74 Å². The van der Waals surface area contributed by atoms with Crippen LogP contribution in [0, 0.1) is 5.92 Å². The maximum absolute atomic E-state index is 11.2. The summed E-state index contributed by atoms with van der Waals surface area (Å²) in [6.07, 6.45) is 1.24. The van der Waals surface area contributed by atoms with Gasteiger partial charge >= 0.3 is 5.97 Å². The van der Waals surface area contributed by atoms with Crippen molar-refractivity contribution in [3.05, 3.63) is 0 Å². The van der Waals surface area contributed by atoms with Crippen molar-refractivity contribution in [3.8, 4) is 0 Å². The van der Waals surface area contributed by atoms with Crippen molar-refractivity contribution >= 4 is 11.8 Å². The Morgan fingerprint density at radius 2 is 1.92 bits per heavy atom. The van der Waals surface area contributed by atoms with Gasteiger partial charge in [-0.15, -0.1) is 0 Å². The largest absolute Gasteiger partial charge is 0.465 e. The second-order valence-electron chi connectivity index (χ2n) is 2.69. The first-order valence-corrected chi connectivity index (χ1v) is 4.32. The summed E-state index contributed by atoms with van der Waals surface area (Å²) in [5, 5.41) is 0. The molecule has 0 unspecified atom stereocenters. The van der Waals surface area contributed by atoms with E-state index in [9.17, 15) is 9.59 Å². The number of ether oxygens (including phenoxy) is 1. The smallest absolute Gasteiger partial charge is 0.316 e. The fourth-order valence-corrected chi connectivity index (χ4v) is 0.862. The minimum atomic E-state index is -0.593. The third-order valence-electron chi connectivity index (χ3n) is 1.62. The van der Waals surface area contributed by atoms with Crippen molar-refractivity contribution in [3.63, 3.8) is 0 Å². The average molecular weight is 172 g/mol. The van der Waals surface area contributed by atoms with E-state index in [1.165, 1.54) is 0 Å². The van der Waals surface area contributed by atoms with Gasteiger partial charge in [0.25, 0.3) is 0 Å². The highest BCUT2D eigenvalue weighted by Gasteiger charge is 2.20. The van der Waals surface area contributed by atoms with Crippen LogP contribution in [-0.4, -0.2) is 18.4 Å². The molecular weight excluding hydrogens is 156 g/mol. The molecule has 0 amide bonds. The molecular formula is C9H16O3. The highest BCUT2D eigenvalue weighted by atomic mass is 16.5. The summed E-state index contributed by atoms with van der Waals surface area (Å²) >= 11 is 0. The number of hydrogen-bond donors (Lipinski definition) is 0. The molecule has 0 radical (unpaired) electrons. The van der Waals surface area contributed by atoms with E-state index in [-0.39, 0.29) is 5.78 Å². The number of ketones is 1. The highest BCUT2D eigenvalue weighted by Crippen LogP contribution is 2.05. The molecule has 0 rings (SSSR count). The van der Waals surface area contributed by atoms with Gasteiger partial charge in [-0.05, 0) is 20.3 Å². The lowest BCUT2D eigenvalue weighted by atomic mass is 10.0. The zero-order valence-electron chi connectivity index (χ0n) is 7.92. The van der Waals surface area contributed by atoms with Crippen LogP contribution in [0.4, 0.5) is 0 Å². The molecule has 0 saturated carbocycles. The molecule has 0 aromatic heterocycles. The maximum Gasteiger partial charge on any atom is 0.316 e. The molecule has 3 nitrogen and oxygen atoms in total. The van der Waals surface area contributed by atoms with Crippen LogP contribution in [0.3, 0.4) is 0 Å². The Morgan fingerprint density at radius 1 is 1.33 bits per heavy atom. The third kappa shape index (κ3) is 3.51. The summed E-state index contributed by atoms with van der Waals surface area (Å²) in [5.41, 5.74) is 0. The Balaban J connectivity index is 3.91. The fourth-order valence-electron chi connectivity index (χ4n) is 0.862. The first kappa shape index (κ1) is 11.1. The van der Waals surface area contributed by atoms with Crippen molar-refractivity contribution in [1.29, 1.82) is 0 Å². The molecule has 0 aliphatic heterocycles. The summed E-state index contributed by atoms with van der Waals surface area (Å²) in [5.74, 6) is -1.03. The van der Waals surface area contributed by atoms with Crippen LogP contribution in [0.25, 0.3) is 0 Å². The molecule has 1 atom stereocenters. The van der Waals surface area contributed by atoms with E-state index in [1.54, 1.807) is 13.8 Å². The van der Waals surface area contributed by atoms with Crippen LogP contribution in [0.15, 0.2) is 0 Å². The van der Waals surface area contributed by atoms with Crippen LogP contribution in [0.1, 0.15) is 33.6 Å². The highest BCUT2D eigenvalue weighted by molar-refractivity contribution is 5.98. The second kappa shape index (κ2) is 5.75. The van der Waals surface area contributed by atoms with Crippen LogP contribution in [0.2, 0.25) is 0 Å². The van der Waals surface area contributed by atoms with Gasteiger partial charge in [0.1, 0.15) is 11.7 Å². The monoisotopic (exact) mass is 172 g/mol. The molecule has 0 aromatic carbocycles. The molecule has 0 spiro atoms. The topological polar surface area (TPSA) is 43.4 Å². The Kier molecular flexibility index (Phi) is 5.34. The summed E-state index contributed by atoms with van der Waals surface area (Å²) in [7, 11) is 0. The summed E-state index contributed by atoms with van der Waals surface area (Å²) in [6, 6.07) is 0. The van der Waals surface area contributed by atoms with Gasteiger partial charge in [-0.25, -0.2) is 0 Å². The minimum absolute atomic E-state index is 0.0315. The molecule has 0 aromatic rings. The summed E-state index contributed by atoms with van der Waals surface area (Å²) in [6.45, 7) is 5.57. The standard InChI is InChI=1S/C9H16O3/c1-4-6-8(10)7(3)9(11)12-5-2/h7H,4-6H2,1-3H3/t7-/m0/s1. The molecule has 0 bridgehead atoms. The molecule has 0 aliphatic rings. The van der Waals surface area contributed by atoms with E-state index in [1.807, 2.05) is 6.92 Å². The van der Waals surface area contributed by atoms with Gasteiger partial charge in [-0.3, -0.25) is 9.59 Å². The van der Waals surface area contributed by atoms with Gasteiger partial charge in [0, 0.05) is 6.42 Å². The molecule has 12 heavy (non-hydrogen) atoms. The van der Waals surface area contributed by atoms with E-state index < -0.39 is 11.9 Å². The fraction of sp³-hybridized carbons (Fsp3) is 0.778. The van der Waals surface area contributed by atoms with Gasteiger partial charge in [-0.2, -0.15) is 0 Å². The van der Waals surface area contributed by atoms with Crippen LogP contribution in [-0.2, 0) is 14.3 Å². The SMILES string of the molecule is CCCC(=O)[C@H](C)C(=O)OCC. The average Bonchev–Trinajstić information content (AvgIpc) is 2.04. The summed E-state index contributed by atoms with van der Waals surface area (Å²) in [4.78, 5) is 22.2. The van der Waals surface area contributed by atoms with Crippen LogP contribution < -0.4 is 0 Å². The number of rotatable bonds is 5. The zero-order valence-corrected chi connectivity index (χ0v) is 7.92. The van der Waals surface area contributed by atoms with Gasteiger partial charge in [0.05, 0.1) is 6.61 Å². The van der Waals surface area contributed by atoms with E-state index in [0.29, 0.717) is 13.0 Å².